The zero-order valence-corrected chi connectivity index (χ0v) is 17.4. The van der Waals surface area contributed by atoms with Gasteiger partial charge in [-0.25, -0.2) is 4.39 Å². The number of hydrogen-bond acceptors (Lipinski definition) is 3. The van der Waals surface area contributed by atoms with Crippen LogP contribution in [0.2, 0.25) is 0 Å². The predicted octanol–water partition coefficient (Wildman–Crippen LogP) is 1.87. The van der Waals surface area contributed by atoms with Crippen LogP contribution >= 0.6 is 0 Å². The van der Waals surface area contributed by atoms with E-state index in [1.165, 1.54) is 6.07 Å². The Hall–Kier alpha value is -2.15. The van der Waals surface area contributed by atoms with E-state index in [1.54, 1.807) is 11.0 Å². The largest absolute Gasteiger partial charge is 0.357 e. The summed E-state index contributed by atoms with van der Waals surface area (Å²) in [7, 11) is 3.64. The molecule has 0 saturated carbocycles. The lowest BCUT2D eigenvalue weighted by Gasteiger charge is -2.25. The second-order valence-electron chi connectivity index (χ2n) is 7.31. The van der Waals surface area contributed by atoms with Gasteiger partial charge in [-0.05, 0) is 50.8 Å². The molecule has 6 nitrogen and oxygen atoms in total. The quantitative estimate of drug-likeness (QED) is 0.383. The lowest BCUT2D eigenvalue weighted by atomic mass is 10.1. The molecule has 1 amide bonds. The molecule has 156 valence electrons. The summed E-state index contributed by atoms with van der Waals surface area (Å²) in [6, 6.07) is 6.87. The Labute approximate surface area is 168 Å². The van der Waals surface area contributed by atoms with E-state index in [0.717, 1.165) is 44.9 Å². The van der Waals surface area contributed by atoms with Crippen LogP contribution in [0.5, 0.6) is 0 Å². The lowest BCUT2D eigenvalue weighted by Crippen LogP contribution is -2.43. The summed E-state index contributed by atoms with van der Waals surface area (Å²) in [5.74, 6) is 0.781. The minimum absolute atomic E-state index is 0.0195. The van der Waals surface area contributed by atoms with Crippen molar-refractivity contribution in [3.8, 4) is 0 Å². The first-order chi connectivity index (χ1) is 13.5. The first-order valence-corrected chi connectivity index (χ1v) is 10.2. The fraction of sp³-hybridized carbons (Fsp3) is 0.619. The Morgan fingerprint density at radius 1 is 1.32 bits per heavy atom. The number of benzene rings is 1. The highest BCUT2D eigenvalue weighted by Crippen LogP contribution is 2.18. The number of likely N-dealkylation sites (N-methyl/N-ethyl adjacent to an activating group) is 1. The maximum absolute atomic E-state index is 13.7. The number of likely N-dealkylation sites (tertiary alicyclic amines) is 1. The molecule has 1 fully saturated rings. The van der Waals surface area contributed by atoms with Gasteiger partial charge in [0, 0.05) is 40.3 Å². The van der Waals surface area contributed by atoms with E-state index in [-0.39, 0.29) is 17.8 Å². The number of carbonyl (C=O) groups excluding carboxylic acids is 1. The Bertz CT molecular complexity index is 649. The first kappa shape index (κ1) is 22.1. The third kappa shape index (κ3) is 6.78. The number of rotatable bonds is 9. The van der Waals surface area contributed by atoms with E-state index >= 15 is 0 Å². The summed E-state index contributed by atoms with van der Waals surface area (Å²) in [5.41, 5.74) is 0.705. The molecule has 7 heteroatoms. The van der Waals surface area contributed by atoms with Crippen LogP contribution in [0.15, 0.2) is 29.3 Å². The second-order valence-corrected chi connectivity index (χ2v) is 7.31. The third-order valence-electron chi connectivity index (χ3n) is 4.95. The Morgan fingerprint density at radius 2 is 2.11 bits per heavy atom. The van der Waals surface area contributed by atoms with Gasteiger partial charge in [-0.15, -0.1) is 0 Å². The third-order valence-corrected chi connectivity index (χ3v) is 4.95. The summed E-state index contributed by atoms with van der Waals surface area (Å²) in [6.45, 7) is 5.97. The van der Waals surface area contributed by atoms with Gasteiger partial charge in [0.25, 0.3) is 0 Å². The molecule has 0 radical (unpaired) electrons. The number of aliphatic imine (C=N–C) groups is 1. The van der Waals surface area contributed by atoms with Crippen LogP contribution in [0.25, 0.3) is 0 Å². The molecule has 1 aromatic rings. The van der Waals surface area contributed by atoms with Gasteiger partial charge >= 0.3 is 0 Å². The summed E-state index contributed by atoms with van der Waals surface area (Å²) >= 11 is 0. The zero-order valence-electron chi connectivity index (χ0n) is 17.4. The van der Waals surface area contributed by atoms with Crippen molar-refractivity contribution in [3.63, 3.8) is 0 Å². The van der Waals surface area contributed by atoms with Gasteiger partial charge in [0.05, 0.1) is 6.04 Å². The number of hydrogen-bond donors (Lipinski definition) is 2. The molecular formula is C21H34FN5O. The molecule has 0 spiro atoms. The molecule has 0 aromatic heterocycles. The maximum atomic E-state index is 13.7. The van der Waals surface area contributed by atoms with Gasteiger partial charge in [0.2, 0.25) is 5.91 Å². The van der Waals surface area contributed by atoms with E-state index in [4.69, 9.17) is 0 Å². The number of nitrogens with zero attached hydrogens (tertiary/aromatic N) is 3. The van der Waals surface area contributed by atoms with E-state index in [0.29, 0.717) is 25.1 Å². The van der Waals surface area contributed by atoms with Gasteiger partial charge in [-0.3, -0.25) is 14.7 Å². The second kappa shape index (κ2) is 11.6. The molecule has 0 aliphatic carbocycles. The van der Waals surface area contributed by atoms with Crippen molar-refractivity contribution in [1.29, 1.82) is 0 Å². The molecule has 1 atom stereocenters. The zero-order chi connectivity index (χ0) is 20.4. The summed E-state index contributed by atoms with van der Waals surface area (Å²) < 4.78 is 13.7. The average molecular weight is 392 g/mol. The molecule has 28 heavy (non-hydrogen) atoms. The van der Waals surface area contributed by atoms with Gasteiger partial charge in [0.1, 0.15) is 5.82 Å². The van der Waals surface area contributed by atoms with Crippen LogP contribution < -0.4 is 10.6 Å². The number of nitrogens with one attached hydrogen (secondary N) is 2. The Kier molecular flexibility index (Phi) is 9.20. The first-order valence-electron chi connectivity index (χ1n) is 10.2. The van der Waals surface area contributed by atoms with Gasteiger partial charge in [-0.2, -0.15) is 0 Å². The summed E-state index contributed by atoms with van der Waals surface area (Å²) in [5, 5.41) is 6.49. The lowest BCUT2D eigenvalue weighted by molar-refractivity contribution is -0.133. The highest BCUT2D eigenvalue weighted by Gasteiger charge is 2.30. The molecule has 1 unspecified atom stereocenters. The van der Waals surface area contributed by atoms with E-state index < -0.39 is 0 Å². The van der Waals surface area contributed by atoms with Crippen molar-refractivity contribution in [2.24, 2.45) is 4.99 Å². The minimum atomic E-state index is -0.168. The highest BCUT2D eigenvalue weighted by molar-refractivity contribution is 5.81. The molecular weight excluding hydrogens is 357 g/mol. The molecule has 1 aromatic carbocycles. The molecule has 1 saturated heterocycles. The smallest absolute Gasteiger partial charge is 0.239 e. The molecule has 2 N–H and O–H groups in total. The normalized spacial score (nSPS) is 17.6. The monoisotopic (exact) mass is 391 g/mol. The number of amides is 1. The SMILES string of the molecule is CCNC(=NCCCN1CCCC1C(=O)N(C)C)NCCc1ccccc1F. The Balaban J connectivity index is 1.76. The van der Waals surface area contributed by atoms with Gasteiger partial charge in [0.15, 0.2) is 5.96 Å². The number of carbonyl (C=O) groups is 1. The maximum Gasteiger partial charge on any atom is 0.239 e. The molecule has 1 aliphatic rings. The number of guanidine groups is 1. The van der Waals surface area contributed by atoms with Gasteiger partial charge < -0.3 is 15.5 Å². The van der Waals surface area contributed by atoms with Crippen molar-refractivity contribution >= 4 is 11.9 Å². The van der Waals surface area contributed by atoms with Crippen LogP contribution in [0.1, 0.15) is 31.7 Å². The van der Waals surface area contributed by atoms with Gasteiger partial charge in [-0.1, -0.05) is 18.2 Å². The van der Waals surface area contributed by atoms with Crippen LogP contribution in [0, 0.1) is 5.82 Å². The molecule has 1 aliphatic heterocycles. The van der Waals surface area contributed by atoms with Crippen molar-refractivity contribution in [2.45, 2.75) is 38.6 Å². The standard InChI is InChI=1S/C21H34FN5O/c1-4-23-21(25-14-12-17-9-5-6-10-18(17)22)24-13-8-16-27-15-7-11-19(27)20(28)26(2)3/h5-6,9-10,19H,4,7-8,11-16H2,1-3H3,(H2,23,24,25). The van der Waals surface area contributed by atoms with E-state index in [2.05, 4.69) is 20.5 Å². The fourth-order valence-corrected chi connectivity index (χ4v) is 3.49. The van der Waals surface area contributed by atoms with Crippen LogP contribution in [-0.4, -0.2) is 74.5 Å². The Morgan fingerprint density at radius 3 is 2.82 bits per heavy atom. The summed E-state index contributed by atoms with van der Waals surface area (Å²) in [4.78, 5) is 20.8. The predicted molar refractivity (Wildman–Crippen MR) is 112 cm³/mol. The summed E-state index contributed by atoms with van der Waals surface area (Å²) in [6.07, 6.45) is 3.54. The van der Waals surface area contributed by atoms with E-state index in [1.807, 2.05) is 33.2 Å². The van der Waals surface area contributed by atoms with Crippen molar-refractivity contribution in [1.82, 2.24) is 20.4 Å². The average Bonchev–Trinajstić information content (AvgIpc) is 3.14. The van der Waals surface area contributed by atoms with Crippen LogP contribution in [-0.2, 0) is 11.2 Å². The molecule has 1 heterocycles. The van der Waals surface area contributed by atoms with Crippen LogP contribution in [0.4, 0.5) is 4.39 Å². The fourth-order valence-electron chi connectivity index (χ4n) is 3.49. The van der Waals surface area contributed by atoms with E-state index in [9.17, 15) is 9.18 Å². The van der Waals surface area contributed by atoms with Crippen molar-refractivity contribution in [3.05, 3.63) is 35.6 Å². The van der Waals surface area contributed by atoms with Crippen molar-refractivity contribution < 1.29 is 9.18 Å². The highest BCUT2D eigenvalue weighted by atomic mass is 19.1. The topological polar surface area (TPSA) is 60.0 Å². The minimum Gasteiger partial charge on any atom is -0.357 e. The van der Waals surface area contributed by atoms with Crippen LogP contribution in [0.3, 0.4) is 0 Å². The van der Waals surface area contributed by atoms with Crippen molar-refractivity contribution in [2.75, 3.05) is 46.8 Å². The number of halogens is 1. The molecule has 0 bridgehead atoms. The molecule has 2 rings (SSSR count).